The van der Waals surface area contributed by atoms with Crippen molar-refractivity contribution in [2.45, 2.75) is 13.8 Å². The maximum absolute atomic E-state index is 12.9. The summed E-state index contributed by atoms with van der Waals surface area (Å²) in [6.07, 6.45) is 0. The first-order chi connectivity index (χ1) is 15.8. The lowest BCUT2D eigenvalue weighted by atomic mass is 10.1. The third-order valence-electron chi connectivity index (χ3n) is 5.10. The number of carbonyl (C=O) groups excluding carboxylic acids is 3. The molecule has 2 aromatic carbocycles. The number of nitrogens with zero attached hydrogens (tertiary/aromatic N) is 2. The third-order valence-corrected chi connectivity index (χ3v) is 5.10. The number of benzene rings is 2. The van der Waals surface area contributed by atoms with Crippen LogP contribution in [0.4, 0.5) is 0 Å². The molecule has 3 aromatic rings. The molecule has 0 aliphatic rings. The molecule has 0 spiro atoms. The van der Waals surface area contributed by atoms with Crippen LogP contribution in [-0.2, 0) is 9.47 Å². The first-order valence-electron chi connectivity index (χ1n) is 9.96. The van der Waals surface area contributed by atoms with Gasteiger partial charge in [0.15, 0.2) is 6.61 Å². The van der Waals surface area contributed by atoms with Crippen molar-refractivity contribution in [3.05, 3.63) is 82.2 Å². The van der Waals surface area contributed by atoms with Crippen molar-refractivity contribution in [3.63, 3.8) is 0 Å². The molecule has 0 saturated heterocycles. The second-order valence-corrected chi connectivity index (χ2v) is 7.22. The van der Waals surface area contributed by atoms with Crippen LogP contribution in [0.25, 0.3) is 5.69 Å². The third kappa shape index (κ3) is 4.93. The average Bonchev–Trinajstić information content (AvgIpc) is 3.15. The van der Waals surface area contributed by atoms with Crippen LogP contribution in [0, 0.1) is 25.2 Å². The van der Waals surface area contributed by atoms with E-state index >= 15 is 0 Å². The van der Waals surface area contributed by atoms with Gasteiger partial charge in [-0.05, 0) is 62.4 Å². The summed E-state index contributed by atoms with van der Waals surface area (Å²) in [7, 11) is 2.51. The Morgan fingerprint density at radius 1 is 0.909 bits per heavy atom. The highest BCUT2D eigenvalue weighted by Gasteiger charge is 2.20. The molecule has 0 fully saturated rings. The molecule has 0 N–H and O–H groups in total. The van der Waals surface area contributed by atoms with Gasteiger partial charge in [0.1, 0.15) is 5.75 Å². The fourth-order valence-corrected chi connectivity index (χ4v) is 3.51. The summed E-state index contributed by atoms with van der Waals surface area (Å²) in [5.74, 6) is -0.964. The number of ketones is 1. The topological polar surface area (TPSA) is 108 Å². The fourth-order valence-electron chi connectivity index (χ4n) is 3.51. The summed E-state index contributed by atoms with van der Waals surface area (Å²) >= 11 is 0. The van der Waals surface area contributed by atoms with Crippen LogP contribution < -0.4 is 4.74 Å². The number of aromatic nitrogens is 1. The monoisotopic (exact) mass is 446 g/mol. The minimum absolute atomic E-state index is 0.180. The van der Waals surface area contributed by atoms with Gasteiger partial charge in [-0.3, -0.25) is 4.79 Å². The predicted octanol–water partition coefficient (Wildman–Crippen LogP) is 3.80. The number of aryl methyl sites for hydroxylation is 1. The van der Waals surface area contributed by atoms with E-state index in [1.54, 1.807) is 54.0 Å². The zero-order valence-electron chi connectivity index (χ0n) is 18.7. The summed E-state index contributed by atoms with van der Waals surface area (Å²) in [6, 6.07) is 14.8. The SMILES string of the molecule is COC(=O)c1cc(C(=O)OC)cc(-n2c(C)cc(C(=O)COc3ccc(C#N)cc3)c2C)c1. The second kappa shape index (κ2) is 9.83. The number of esters is 2. The van der Waals surface area contributed by atoms with Crippen molar-refractivity contribution in [3.8, 4) is 17.5 Å². The minimum Gasteiger partial charge on any atom is -0.485 e. The molecule has 33 heavy (non-hydrogen) atoms. The van der Waals surface area contributed by atoms with Gasteiger partial charge in [-0.25, -0.2) is 9.59 Å². The lowest BCUT2D eigenvalue weighted by molar-refractivity contribution is 0.0598. The van der Waals surface area contributed by atoms with Crippen LogP contribution in [0.5, 0.6) is 5.75 Å². The van der Waals surface area contributed by atoms with Gasteiger partial charge in [0.2, 0.25) is 5.78 Å². The molecule has 1 heterocycles. The average molecular weight is 446 g/mol. The van der Waals surface area contributed by atoms with E-state index in [1.807, 2.05) is 13.0 Å². The van der Waals surface area contributed by atoms with Gasteiger partial charge in [0.25, 0.3) is 0 Å². The van der Waals surface area contributed by atoms with Crippen LogP contribution >= 0.6 is 0 Å². The molecule has 3 rings (SSSR count). The van der Waals surface area contributed by atoms with E-state index in [2.05, 4.69) is 0 Å². The Kier molecular flexibility index (Phi) is 6.94. The molecule has 8 heteroatoms. The molecule has 0 radical (unpaired) electrons. The molecule has 0 amide bonds. The molecule has 0 bridgehead atoms. The van der Waals surface area contributed by atoms with Crippen LogP contribution in [0.3, 0.4) is 0 Å². The quantitative estimate of drug-likeness (QED) is 0.401. The van der Waals surface area contributed by atoms with Gasteiger partial charge < -0.3 is 18.8 Å². The maximum atomic E-state index is 12.9. The van der Waals surface area contributed by atoms with E-state index in [0.717, 1.165) is 5.69 Å². The van der Waals surface area contributed by atoms with Crippen molar-refractivity contribution in [2.24, 2.45) is 0 Å². The van der Waals surface area contributed by atoms with E-state index in [-0.39, 0.29) is 23.5 Å². The highest BCUT2D eigenvalue weighted by atomic mass is 16.5. The number of carbonyl (C=O) groups is 3. The molecule has 0 atom stereocenters. The van der Waals surface area contributed by atoms with Crippen LogP contribution in [0.1, 0.15) is 48.0 Å². The van der Waals surface area contributed by atoms with Gasteiger partial charge >= 0.3 is 11.9 Å². The highest BCUT2D eigenvalue weighted by molar-refractivity contribution is 5.99. The van der Waals surface area contributed by atoms with Gasteiger partial charge in [-0.1, -0.05) is 0 Å². The number of hydrogen-bond donors (Lipinski definition) is 0. The van der Waals surface area contributed by atoms with Crippen molar-refractivity contribution >= 4 is 17.7 Å². The van der Waals surface area contributed by atoms with E-state index in [0.29, 0.717) is 28.3 Å². The van der Waals surface area contributed by atoms with E-state index in [1.165, 1.54) is 20.3 Å². The van der Waals surface area contributed by atoms with Crippen LogP contribution in [-0.4, -0.2) is 43.1 Å². The van der Waals surface area contributed by atoms with Crippen molar-refractivity contribution < 1.29 is 28.6 Å². The Hall–Kier alpha value is -4.38. The van der Waals surface area contributed by atoms with Gasteiger partial charge in [-0.15, -0.1) is 0 Å². The number of methoxy groups -OCH3 is 2. The smallest absolute Gasteiger partial charge is 0.337 e. The zero-order valence-corrected chi connectivity index (χ0v) is 18.7. The fraction of sp³-hybridized carbons (Fsp3) is 0.200. The molecule has 0 saturated carbocycles. The standard InChI is InChI=1S/C25H22N2O6/c1-15-9-22(23(28)14-33-21-7-5-17(13-26)6-8-21)16(2)27(15)20-11-18(24(29)31-3)10-19(12-20)25(30)32-4/h5-12H,14H2,1-4H3. The normalized spacial score (nSPS) is 10.3. The molecule has 168 valence electrons. The molecule has 1 aromatic heterocycles. The van der Waals surface area contributed by atoms with Crippen molar-refractivity contribution in [1.82, 2.24) is 4.57 Å². The number of rotatable bonds is 7. The highest BCUT2D eigenvalue weighted by Crippen LogP contribution is 2.24. The van der Waals surface area contributed by atoms with Gasteiger partial charge in [0, 0.05) is 22.6 Å². The predicted molar refractivity (Wildman–Crippen MR) is 119 cm³/mol. The molecule has 0 aliphatic heterocycles. The van der Waals surface area contributed by atoms with Gasteiger partial charge in [0.05, 0.1) is 37.0 Å². The number of nitriles is 1. The Morgan fingerprint density at radius 3 is 2.00 bits per heavy atom. The second-order valence-electron chi connectivity index (χ2n) is 7.22. The first-order valence-corrected chi connectivity index (χ1v) is 9.96. The lowest BCUT2D eigenvalue weighted by Crippen LogP contribution is -2.13. The molecule has 0 aliphatic carbocycles. The van der Waals surface area contributed by atoms with Crippen molar-refractivity contribution in [2.75, 3.05) is 20.8 Å². The van der Waals surface area contributed by atoms with Crippen LogP contribution in [0.2, 0.25) is 0 Å². The lowest BCUT2D eigenvalue weighted by Gasteiger charge is -2.13. The maximum Gasteiger partial charge on any atom is 0.337 e. The largest absolute Gasteiger partial charge is 0.485 e. The minimum atomic E-state index is -0.600. The van der Waals surface area contributed by atoms with Crippen LogP contribution in [0.15, 0.2) is 48.5 Å². The Labute approximate surface area is 190 Å². The Bertz CT molecular complexity index is 1230. The summed E-state index contributed by atoms with van der Waals surface area (Å²) in [6.45, 7) is 3.39. The molecular weight excluding hydrogens is 424 g/mol. The van der Waals surface area contributed by atoms with Crippen molar-refractivity contribution in [1.29, 1.82) is 5.26 Å². The number of Topliss-reactive ketones (excluding diaryl/α,β-unsaturated/α-hetero) is 1. The Morgan fingerprint density at radius 2 is 1.48 bits per heavy atom. The molecule has 8 nitrogen and oxygen atoms in total. The van der Waals surface area contributed by atoms with E-state index in [9.17, 15) is 14.4 Å². The molecular formula is C25H22N2O6. The summed E-state index contributed by atoms with van der Waals surface area (Å²) in [4.78, 5) is 37.1. The Balaban J connectivity index is 1.93. The van der Waals surface area contributed by atoms with Gasteiger partial charge in [-0.2, -0.15) is 5.26 Å². The summed E-state index contributed by atoms with van der Waals surface area (Å²) < 4.78 is 16.9. The first kappa shape index (κ1) is 23.3. The molecule has 0 unspecified atom stereocenters. The zero-order chi connectivity index (χ0) is 24.1. The summed E-state index contributed by atoms with van der Waals surface area (Å²) in [5, 5.41) is 8.87. The number of hydrogen-bond acceptors (Lipinski definition) is 7. The van der Waals surface area contributed by atoms with E-state index in [4.69, 9.17) is 19.5 Å². The summed E-state index contributed by atoms with van der Waals surface area (Å²) in [5.41, 5.74) is 3.17. The number of ether oxygens (including phenoxy) is 3. The van der Waals surface area contributed by atoms with E-state index < -0.39 is 11.9 Å².